The summed E-state index contributed by atoms with van der Waals surface area (Å²) in [7, 11) is 0. The number of carbonyl (C=O) groups is 2. The minimum Gasteiger partial charge on any atom is -0.481 e. The van der Waals surface area contributed by atoms with Gasteiger partial charge in [-0.15, -0.1) is 0 Å². The molecule has 2 fully saturated rings. The molecule has 0 saturated carbocycles. The highest BCUT2D eigenvalue weighted by Crippen LogP contribution is 2.42. The summed E-state index contributed by atoms with van der Waals surface area (Å²) in [6.45, 7) is 4.80. The largest absolute Gasteiger partial charge is 0.481 e. The van der Waals surface area contributed by atoms with E-state index in [4.69, 9.17) is 5.11 Å². The zero-order valence-electron chi connectivity index (χ0n) is 20.6. The van der Waals surface area contributed by atoms with Crippen molar-refractivity contribution in [3.8, 4) is 0 Å². The number of nitrogens with one attached hydrogen (secondary N) is 1. The highest BCUT2D eigenvalue weighted by atomic mass is 16.4. The number of carboxylic acids is 1. The van der Waals surface area contributed by atoms with Crippen molar-refractivity contribution >= 4 is 23.4 Å². The number of benzene rings is 1. The molecule has 1 aromatic carbocycles. The van der Waals surface area contributed by atoms with Crippen LogP contribution in [0.2, 0.25) is 0 Å². The van der Waals surface area contributed by atoms with Crippen molar-refractivity contribution in [3.05, 3.63) is 54.2 Å². The average Bonchev–Trinajstić information content (AvgIpc) is 3.50. The Morgan fingerprint density at radius 1 is 0.914 bits per heavy atom. The summed E-state index contributed by atoms with van der Waals surface area (Å²) < 4.78 is 0. The van der Waals surface area contributed by atoms with Gasteiger partial charge in [0.25, 0.3) is 5.91 Å². The predicted octanol–water partition coefficient (Wildman–Crippen LogP) is 4.73. The van der Waals surface area contributed by atoms with E-state index in [1.54, 1.807) is 12.3 Å². The van der Waals surface area contributed by atoms with E-state index in [-0.39, 0.29) is 12.3 Å². The van der Waals surface area contributed by atoms with Crippen LogP contribution in [0.3, 0.4) is 0 Å². The van der Waals surface area contributed by atoms with Crippen LogP contribution in [0.5, 0.6) is 0 Å². The number of anilines is 2. The SMILES string of the molecule is O=C(O)CCCCCCCCNC(=O)c1ccnc(N2CCC3(CCN(c4ccccc4)C3)C2)c1. The van der Waals surface area contributed by atoms with E-state index in [9.17, 15) is 9.59 Å². The van der Waals surface area contributed by atoms with Crippen LogP contribution in [0.25, 0.3) is 0 Å². The van der Waals surface area contributed by atoms with E-state index in [1.807, 2.05) is 6.07 Å². The van der Waals surface area contributed by atoms with Crippen LogP contribution in [0.15, 0.2) is 48.7 Å². The number of aromatic nitrogens is 1. The van der Waals surface area contributed by atoms with Gasteiger partial charge in [-0.25, -0.2) is 4.98 Å². The maximum absolute atomic E-state index is 12.7. The molecule has 0 bridgehead atoms. The normalized spacial score (nSPS) is 19.4. The summed E-state index contributed by atoms with van der Waals surface area (Å²) in [5.74, 6) is 0.138. The molecule has 0 aliphatic carbocycles. The second-order valence-electron chi connectivity index (χ2n) is 10.1. The second-order valence-corrected chi connectivity index (χ2v) is 10.1. The Kier molecular flexibility index (Phi) is 8.61. The predicted molar refractivity (Wildman–Crippen MR) is 139 cm³/mol. The molecule has 3 heterocycles. The molecule has 1 amide bonds. The van der Waals surface area contributed by atoms with E-state index in [1.165, 1.54) is 12.1 Å². The summed E-state index contributed by atoms with van der Waals surface area (Å²) in [6, 6.07) is 14.4. The van der Waals surface area contributed by atoms with Gasteiger partial charge >= 0.3 is 5.97 Å². The van der Waals surface area contributed by atoms with Gasteiger partial charge in [-0.1, -0.05) is 43.9 Å². The third-order valence-corrected chi connectivity index (χ3v) is 7.43. The Bertz CT molecular complexity index is 983. The smallest absolute Gasteiger partial charge is 0.303 e. The van der Waals surface area contributed by atoms with Gasteiger partial charge in [0.1, 0.15) is 5.82 Å². The monoisotopic (exact) mass is 478 g/mol. The van der Waals surface area contributed by atoms with Crippen LogP contribution < -0.4 is 15.1 Å². The van der Waals surface area contributed by atoms with Gasteiger partial charge in [0, 0.05) is 62.0 Å². The lowest BCUT2D eigenvalue weighted by Crippen LogP contribution is -2.31. The first-order chi connectivity index (χ1) is 17.0. The Morgan fingerprint density at radius 2 is 1.60 bits per heavy atom. The van der Waals surface area contributed by atoms with Crippen LogP contribution in [0.1, 0.15) is 68.1 Å². The lowest BCUT2D eigenvalue weighted by Gasteiger charge is -2.26. The number of para-hydroxylation sites is 1. The van der Waals surface area contributed by atoms with Crippen LogP contribution in [-0.2, 0) is 4.79 Å². The minimum absolute atomic E-state index is 0.0415. The van der Waals surface area contributed by atoms with Gasteiger partial charge < -0.3 is 20.2 Å². The molecule has 2 saturated heterocycles. The molecule has 1 unspecified atom stereocenters. The van der Waals surface area contributed by atoms with Crippen molar-refractivity contribution in [1.82, 2.24) is 10.3 Å². The van der Waals surface area contributed by atoms with Crippen molar-refractivity contribution in [1.29, 1.82) is 0 Å². The first-order valence-electron chi connectivity index (χ1n) is 13.1. The molecule has 7 nitrogen and oxygen atoms in total. The molecule has 188 valence electrons. The third kappa shape index (κ3) is 6.96. The standard InChI is InChI=1S/C28H38N4O3/c33-26(34)12-8-3-1-2-4-9-16-30-27(35)23-13-17-29-25(20-23)32-19-15-28(22-32)14-18-31(21-28)24-10-6-5-7-11-24/h5-7,10-11,13,17,20H,1-4,8-9,12,14-16,18-19,21-22H2,(H,30,35)(H,33,34). The Hall–Kier alpha value is -3.09. The van der Waals surface area contributed by atoms with Gasteiger partial charge in [0.2, 0.25) is 0 Å². The summed E-state index contributed by atoms with van der Waals surface area (Å²) in [4.78, 5) is 32.6. The number of carboxylic acid groups (broad SMARTS) is 1. The van der Waals surface area contributed by atoms with Gasteiger partial charge in [0.05, 0.1) is 0 Å². The van der Waals surface area contributed by atoms with E-state index in [0.717, 1.165) is 76.9 Å². The van der Waals surface area contributed by atoms with Crippen molar-refractivity contribution in [2.45, 2.75) is 57.8 Å². The average molecular weight is 479 g/mol. The van der Waals surface area contributed by atoms with Crippen molar-refractivity contribution in [2.75, 3.05) is 42.5 Å². The van der Waals surface area contributed by atoms with Crippen LogP contribution in [0.4, 0.5) is 11.5 Å². The van der Waals surface area contributed by atoms with E-state index < -0.39 is 5.97 Å². The van der Waals surface area contributed by atoms with E-state index in [2.05, 4.69) is 50.4 Å². The number of carbonyl (C=O) groups excluding carboxylic acids is 1. The molecule has 2 aliphatic rings. The lowest BCUT2D eigenvalue weighted by atomic mass is 9.86. The van der Waals surface area contributed by atoms with Crippen molar-refractivity contribution in [2.24, 2.45) is 5.41 Å². The molecule has 2 aliphatic heterocycles. The summed E-state index contributed by atoms with van der Waals surface area (Å²) in [6.07, 6.45) is 10.2. The summed E-state index contributed by atoms with van der Waals surface area (Å²) in [5.41, 5.74) is 2.27. The fourth-order valence-corrected chi connectivity index (χ4v) is 5.40. The second kappa shape index (κ2) is 12.0. The number of aliphatic carboxylic acids is 1. The fraction of sp³-hybridized carbons (Fsp3) is 0.536. The number of nitrogens with zero attached hydrogens (tertiary/aromatic N) is 3. The van der Waals surface area contributed by atoms with Gasteiger partial charge in [-0.2, -0.15) is 0 Å². The molecule has 0 radical (unpaired) electrons. The molecular formula is C28H38N4O3. The summed E-state index contributed by atoms with van der Waals surface area (Å²) in [5, 5.41) is 11.7. The maximum Gasteiger partial charge on any atom is 0.303 e. The topological polar surface area (TPSA) is 85.8 Å². The zero-order chi connectivity index (χ0) is 24.5. The Morgan fingerprint density at radius 3 is 2.37 bits per heavy atom. The summed E-state index contributed by atoms with van der Waals surface area (Å²) >= 11 is 0. The Labute approximate surface area is 208 Å². The molecule has 7 heteroatoms. The molecule has 35 heavy (non-hydrogen) atoms. The number of pyridine rings is 1. The minimum atomic E-state index is -0.718. The van der Waals surface area contributed by atoms with Crippen molar-refractivity contribution in [3.63, 3.8) is 0 Å². The number of amides is 1. The molecule has 2 N–H and O–H groups in total. The van der Waals surface area contributed by atoms with Gasteiger partial charge in [0.15, 0.2) is 0 Å². The van der Waals surface area contributed by atoms with Crippen LogP contribution >= 0.6 is 0 Å². The quantitative estimate of drug-likeness (QED) is 0.429. The first-order valence-corrected chi connectivity index (χ1v) is 13.1. The van der Waals surface area contributed by atoms with Crippen molar-refractivity contribution < 1.29 is 14.7 Å². The molecule has 1 aromatic heterocycles. The highest BCUT2D eigenvalue weighted by molar-refractivity contribution is 5.94. The van der Waals surface area contributed by atoms with Gasteiger partial charge in [-0.05, 0) is 49.9 Å². The number of hydrogen-bond acceptors (Lipinski definition) is 5. The number of unbranched alkanes of at least 4 members (excludes halogenated alkanes) is 5. The fourth-order valence-electron chi connectivity index (χ4n) is 5.40. The molecule has 1 spiro atoms. The van der Waals surface area contributed by atoms with E-state index >= 15 is 0 Å². The number of rotatable bonds is 12. The lowest BCUT2D eigenvalue weighted by molar-refractivity contribution is -0.137. The molecule has 4 rings (SSSR count). The highest BCUT2D eigenvalue weighted by Gasteiger charge is 2.43. The maximum atomic E-state index is 12.7. The third-order valence-electron chi connectivity index (χ3n) is 7.43. The van der Waals surface area contributed by atoms with Gasteiger partial charge in [-0.3, -0.25) is 9.59 Å². The number of hydrogen-bond donors (Lipinski definition) is 2. The molecular weight excluding hydrogens is 440 g/mol. The van der Waals surface area contributed by atoms with E-state index in [0.29, 0.717) is 17.5 Å². The Balaban J connectivity index is 1.20. The molecule has 2 aromatic rings. The van der Waals surface area contributed by atoms with Crippen LogP contribution in [0, 0.1) is 5.41 Å². The molecule has 1 atom stereocenters. The first kappa shape index (κ1) is 25.0. The zero-order valence-corrected chi connectivity index (χ0v) is 20.6. The van der Waals surface area contributed by atoms with Crippen LogP contribution in [-0.4, -0.2) is 54.7 Å².